The van der Waals surface area contributed by atoms with Crippen molar-refractivity contribution < 1.29 is 34.7 Å². The third kappa shape index (κ3) is 6.20. The summed E-state index contributed by atoms with van der Waals surface area (Å²) < 4.78 is 83.9. The molecular formula is C10H17F2IO6S2. The Labute approximate surface area is 136 Å². The monoisotopic (exact) mass is 462 g/mol. The fraction of sp³-hybridized carbons (Fsp3) is 1.00. The lowest BCUT2D eigenvalue weighted by atomic mass is 10.3. The van der Waals surface area contributed by atoms with Gasteiger partial charge in [-0.2, -0.15) is 16.8 Å². The molecule has 0 spiro atoms. The molecule has 4 unspecified atom stereocenters. The fourth-order valence-corrected chi connectivity index (χ4v) is 5.38. The standard InChI is InChI=1S/C5H8F2O3S.C5H9IO3S/c6-4-1-3(2-5(4)7)11(8,9)10;6-4-1-2-5(3-4)10(7,8)9/h3-5H,1-2H2,(H,8,9,10);4-5H,1-3H2,(H,7,8,9). The SMILES string of the molecule is O=S(=O)(O)C1CC(F)C(F)C1.O=S(=O)(O)C1CCC(I)C1. The zero-order valence-electron chi connectivity index (χ0n) is 10.9. The van der Waals surface area contributed by atoms with Crippen molar-refractivity contribution in [2.75, 3.05) is 0 Å². The molecule has 2 fully saturated rings. The van der Waals surface area contributed by atoms with E-state index in [1.165, 1.54) is 0 Å². The van der Waals surface area contributed by atoms with Crippen LogP contribution in [0.1, 0.15) is 32.1 Å². The lowest BCUT2D eigenvalue weighted by Crippen LogP contribution is -2.17. The molecule has 0 aliphatic heterocycles. The molecule has 0 saturated heterocycles. The molecule has 0 aromatic carbocycles. The number of hydrogen-bond donors (Lipinski definition) is 2. The smallest absolute Gasteiger partial charge is 0.267 e. The van der Waals surface area contributed by atoms with Gasteiger partial charge in [-0.3, -0.25) is 9.11 Å². The van der Waals surface area contributed by atoms with E-state index < -0.39 is 55.9 Å². The molecule has 2 N–H and O–H groups in total. The van der Waals surface area contributed by atoms with Crippen LogP contribution < -0.4 is 0 Å². The molecule has 0 radical (unpaired) electrons. The number of rotatable bonds is 2. The van der Waals surface area contributed by atoms with Crippen LogP contribution in [-0.2, 0) is 20.2 Å². The van der Waals surface area contributed by atoms with Crippen molar-refractivity contribution in [1.82, 2.24) is 0 Å². The number of hydrogen-bond acceptors (Lipinski definition) is 4. The first-order chi connectivity index (χ1) is 9.41. The van der Waals surface area contributed by atoms with Crippen LogP contribution >= 0.6 is 22.6 Å². The predicted octanol–water partition coefficient (Wildman–Crippen LogP) is 1.94. The second-order valence-corrected chi connectivity index (χ2v) is 10.3. The molecule has 2 saturated carbocycles. The van der Waals surface area contributed by atoms with Crippen LogP contribution in [0.3, 0.4) is 0 Å². The summed E-state index contributed by atoms with van der Waals surface area (Å²) in [4.78, 5) is 0. The van der Waals surface area contributed by atoms with E-state index in [-0.39, 0.29) is 0 Å². The summed E-state index contributed by atoms with van der Waals surface area (Å²) in [6, 6.07) is 0. The van der Waals surface area contributed by atoms with Gasteiger partial charge in [0.1, 0.15) is 12.3 Å². The van der Waals surface area contributed by atoms with Gasteiger partial charge in [0.2, 0.25) is 0 Å². The molecule has 0 heterocycles. The Kier molecular flexibility index (Phi) is 6.78. The minimum Gasteiger partial charge on any atom is -0.285 e. The predicted molar refractivity (Wildman–Crippen MR) is 81.4 cm³/mol. The van der Waals surface area contributed by atoms with E-state index in [4.69, 9.17) is 9.11 Å². The van der Waals surface area contributed by atoms with E-state index >= 15 is 0 Å². The molecule has 2 rings (SSSR count). The van der Waals surface area contributed by atoms with Crippen molar-refractivity contribution in [3.05, 3.63) is 0 Å². The number of halogens is 3. The van der Waals surface area contributed by atoms with Crippen molar-refractivity contribution in [2.24, 2.45) is 0 Å². The first-order valence-electron chi connectivity index (χ1n) is 6.26. The zero-order valence-corrected chi connectivity index (χ0v) is 14.7. The van der Waals surface area contributed by atoms with Gasteiger partial charge in [0.05, 0.1) is 10.5 Å². The van der Waals surface area contributed by atoms with Gasteiger partial charge in [0, 0.05) is 16.8 Å². The largest absolute Gasteiger partial charge is 0.285 e. The molecule has 21 heavy (non-hydrogen) atoms. The Bertz CT molecular complexity index is 542. The number of alkyl halides is 3. The highest BCUT2D eigenvalue weighted by atomic mass is 127. The molecule has 2 aliphatic carbocycles. The van der Waals surface area contributed by atoms with Crippen LogP contribution in [0.25, 0.3) is 0 Å². The lowest BCUT2D eigenvalue weighted by molar-refractivity contribution is 0.199. The van der Waals surface area contributed by atoms with Gasteiger partial charge in [-0.05, 0) is 19.3 Å². The molecule has 6 nitrogen and oxygen atoms in total. The summed E-state index contributed by atoms with van der Waals surface area (Å²) >= 11 is 2.21. The van der Waals surface area contributed by atoms with E-state index in [0.29, 0.717) is 16.8 Å². The van der Waals surface area contributed by atoms with E-state index in [9.17, 15) is 25.6 Å². The normalized spacial score (nSPS) is 37.1. The molecule has 126 valence electrons. The highest BCUT2D eigenvalue weighted by Gasteiger charge is 2.40. The van der Waals surface area contributed by atoms with Crippen LogP contribution in [0.2, 0.25) is 0 Å². The second-order valence-electron chi connectivity index (χ2n) is 5.19. The molecule has 0 amide bonds. The summed E-state index contributed by atoms with van der Waals surface area (Å²) in [6.45, 7) is 0. The first kappa shape index (κ1) is 19.5. The van der Waals surface area contributed by atoms with Crippen molar-refractivity contribution in [1.29, 1.82) is 0 Å². The van der Waals surface area contributed by atoms with E-state index in [2.05, 4.69) is 22.6 Å². The topological polar surface area (TPSA) is 109 Å². The summed E-state index contributed by atoms with van der Waals surface area (Å²) in [5.41, 5.74) is 0. The molecule has 0 aromatic rings. The van der Waals surface area contributed by atoms with Crippen molar-refractivity contribution in [2.45, 2.75) is 58.9 Å². The maximum absolute atomic E-state index is 12.3. The summed E-state index contributed by atoms with van der Waals surface area (Å²) in [6.07, 6.45) is -2.22. The van der Waals surface area contributed by atoms with Crippen LogP contribution in [-0.4, -0.2) is 52.7 Å². The van der Waals surface area contributed by atoms with Crippen LogP contribution in [0.5, 0.6) is 0 Å². The van der Waals surface area contributed by atoms with Crippen LogP contribution in [0.15, 0.2) is 0 Å². The minimum absolute atomic E-state index is 0.421. The van der Waals surface area contributed by atoms with E-state index in [1.54, 1.807) is 0 Å². The highest BCUT2D eigenvalue weighted by molar-refractivity contribution is 14.1. The van der Waals surface area contributed by atoms with Crippen molar-refractivity contribution in [3.8, 4) is 0 Å². The second kappa shape index (κ2) is 7.32. The third-order valence-electron chi connectivity index (χ3n) is 3.53. The first-order valence-corrected chi connectivity index (χ1v) is 10.5. The molecular weight excluding hydrogens is 445 g/mol. The lowest BCUT2D eigenvalue weighted by Gasteiger charge is -2.02. The van der Waals surface area contributed by atoms with Gasteiger partial charge in [-0.15, -0.1) is 0 Å². The molecule has 4 atom stereocenters. The highest BCUT2D eigenvalue weighted by Crippen LogP contribution is 2.30. The van der Waals surface area contributed by atoms with Gasteiger partial charge < -0.3 is 0 Å². The van der Waals surface area contributed by atoms with Gasteiger partial charge >= 0.3 is 0 Å². The zero-order chi connectivity index (χ0) is 16.4. The Morgan fingerprint density at radius 1 is 0.810 bits per heavy atom. The summed E-state index contributed by atoms with van der Waals surface area (Å²) in [7, 11) is -7.99. The maximum atomic E-state index is 12.3. The maximum Gasteiger partial charge on any atom is 0.267 e. The Morgan fingerprint density at radius 3 is 1.43 bits per heavy atom. The van der Waals surface area contributed by atoms with Crippen molar-refractivity contribution >= 4 is 42.8 Å². The molecule has 0 aromatic heterocycles. The van der Waals surface area contributed by atoms with Crippen LogP contribution in [0, 0.1) is 0 Å². The summed E-state index contributed by atoms with van der Waals surface area (Å²) in [5, 5.41) is -1.75. The fourth-order valence-electron chi connectivity index (χ4n) is 2.30. The Balaban J connectivity index is 0.000000211. The average molecular weight is 462 g/mol. The van der Waals surface area contributed by atoms with Gasteiger partial charge in [0.15, 0.2) is 0 Å². The summed E-state index contributed by atoms with van der Waals surface area (Å²) in [5.74, 6) is 0. The van der Waals surface area contributed by atoms with Crippen molar-refractivity contribution in [3.63, 3.8) is 0 Å². The van der Waals surface area contributed by atoms with Gasteiger partial charge in [-0.1, -0.05) is 22.6 Å². The van der Waals surface area contributed by atoms with E-state index in [0.717, 1.165) is 6.42 Å². The average Bonchev–Trinajstić information content (AvgIpc) is 2.86. The molecule has 2 aliphatic rings. The molecule has 0 bridgehead atoms. The van der Waals surface area contributed by atoms with Gasteiger partial charge in [-0.25, -0.2) is 8.78 Å². The van der Waals surface area contributed by atoms with Gasteiger partial charge in [0.25, 0.3) is 20.2 Å². The Hall–Kier alpha value is 0.410. The minimum atomic E-state index is -4.25. The van der Waals surface area contributed by atoms with E-state index in [1.807, 2.05) is 0 Å². The van der Waals surface area contributed by atoms with Crippen LogP contribution in [0.4, 0.5) is 8.78 Å². The quantitative estimate of drug-likeness (QED) is 0.369. The molecule has 11 heteroatoms. The Morgan fingerprint density at radius 2 is 1.24 bits per heavy atom. The third-order valence-corrected chi connectivity index (χ3v) is 7.16.